The third-order valence-corrected chi connectivity index (χ3v) is 2.99. The molecule has 0 saturated carbocycles. The Labute approximate surface area is 124 Å². The number of nitrogen functional groups attached to an aromatic ring is 1. The Hall–Kier alpha value is -2.75. The zero-order valence-corrected chi connectivity index (χ0v) is 11.9. The monoisotopic (exact) mass is 282 g/mol. The number of hydrogen-bond acceptors (Lipinski definition) is 3. The number of amides is 1. The minimum absolute atomic E-state index is 0.136. The molecule has 0 spiro atoms. The van der Waals surface area contributed by atoms with E-state index in [0.29, 0.717) is 12.2 Å². The molecule has 0 unspecified atom stereocenters. The number of carbonyl (C=O) groups excluding carboxylic acids is 1. The highest BCUT2D eigenvalue weighted by Gasteiger charge is 1.98. The van der Waals surface area contributed by atoms with Crippen molar-refractivity contribution in [3.63, 3.8) is 0 Å². The number of methoxy groups -OCH3 is 1. The van der Waals surface area contributed by atoms with Crippen molar-refractivity contribution in [1.29, 1.82) is 0 Å². The van der Waals surface area contributed by atoms with Gasteiger partial charge in [-0.15, -0.1) is 0 Å². The lowest BCUT2D eigenvalue weighted by molar-refractivity contribution is -0.116. The van der Waals surface area contributed by atoms with Crippen LogP contribution in [0.15, 0.2) is 54.6 Å². The van der Waals surface area contributed by atoms with Crippen molar-refractivity contribution in [1.82, 2.24) is 5.32 Å². The maximum Gasteiger partial charge on any atom is 0.244 e. The summed E-state index contributed by atoms with van der Waals surface area (Å²) in [4.78, 5) is 11.7. The van der Waals surface area contributed by atoms with Gasteiger partial charge in [0.1, 0.15) is 5.75 Å². The summed E-state index contributed by atoms with van der Waals surface area (Å²) in [7, 11) is 1.62. The first-order valence-electron chi connectivity index (χ1n) is 6.62. The first kappa shape index (κ1) is 14.7. The first-order valence-corrected chi connectivity index (χ1v) is 6.62. The van der Waals surface area contributed by atoms with Crippen LogP contribution in [0.25, 0.3) is 6.08 Å². The molecule has 2 aromatic carbocycles. The van der Waals surface area contributed by atoms with Crippen LogP contribution in [-0.2, 0) is 11.3 Å². The topological polar surface area (TPSA) is 64.3 Å². The van der Waals surface area contributed by atoms with Crippen LogP contribution in [0.5, 0.6) is 5.75 Å². The predicted octanol–water partition coefficient (Wildman–Crippen LogP) is 2.61. The Morgan fingerprint density at radius 1 is 1.14 bits per heavy atom. The average Bonchev–Trinajstić information content (AvgIpc) is 2.53. The molecular formula is C17H18N2O2. The Morgan fingerprint density at radius 3 is 2.43 bits per heavy atom. The van der Waals surface area contributed by atoms with Gasteiger partial charge in [-0.2, -0.15) is 0 Å². The summed E-state index contributed by atoms with van der Waals surface area (Å²) in [5.41, 5.74) is 8.26. The Kier molecular flexibility index (Phi) is 4.99. The number of nitrogens with one attached hydrogen (secondary N) is 1. The number of benzene rings is 2. The molecule has 2 rings (SSSR count). The number of carbonyl (C=O) groups is 1. The lowest BCUT2D eigenvalue weighted by atomic mass is 10.2. The predicted molar refractivity (Wildman–Crippen MR) is 84.7 cm³/mol. The van der Waals surface area contributed by atoms with Gasteiger partial charge in [-0.3, -0.25) is 4.79 Å². The molecular weight excluding hydrogens is 264 g/mol. The van der Waals surface area contributed by atoms with Crippen molar-refractivity contribution >= 4 is 17.7 Å². The van der Waals surface area contributed by atoms with Gasteiger partial charge in [0.05, 0.1) is 7.11 Å². The van der Waals surface area contributed by atoms with E-state index in [-0.39, 0.29) is 5.91 Å². The van der Waals surface area contributed by atoms with Crippen molar-refractivity contribution in [2.24, 2.45) is 0 Å². The van der Waals surface area contributed by atoms with E-state index in [1.54, 1.807) is 25.3 Å². The zero-order chi connectivity index (χ0) is 15.1. The van der Waals surface area contributed by atoms with Crippen molar-refractivity contribution in [2.45, 2.75) is 6.54 Å². The van der Waals surface area contributed by atoms with E-state index in [4.69, 9.17) is 10.5 Å². The van der Waals surface area contributed by atoms with E-state index in [1.165, 1.54) is 6.08 Å². The average molecular weight is 282 g/mol. The molecule has 3 N–H and O–H groups in total. The van der Waals surface area contributed by atoms with E-state index >= 15 is 0 Å². The second-order valence-corrected chi connectivity index (χ2v) is 4.57. The molecule has 2 aromatic rings. The largest absolute Gasteiger partial charge is 0.497 e. The normalized spacial score (nSPS) is 10.5. The summed E-state index contributed by atoms with van der Waals surface area (Å²) >= 11 is 0. The van der Waals surface area contributed by atoms with Gasteiger partial charge in [-0.25, -0.2) is 0 Å². The van der Waals surface area contributed by atoms with E-state index in [9.17, 15) is 4.79 Å². The summed E-state index contributed by atoms with van der Waals surface area (Å²) in [6.45, 7) is 0.481. The zero-order valence-electron chi connectivity index (χ0n) is 11.9. The highest BCUT2D eigenvalue weighted by molar-refractivity contribution is 5.91. The molecule has 0 fully saturated rings. The van der Waals surface area contributed by atoms with Crippen LogP contribution in [0.4, 0.5) is 5.69 Å². The second kappa shape index (κ2) is 7.14. The molecule has 21 heavy (non-hydrogen) atoms. The minimum Gasteiger partial charge on any atom is -0.497 e. The lowest BCUT2D eigenvalue weighted by Gasteiger charge is -2.04. The van der Waals surface area contributed by atoms with Gasteiger partial charge in [0, 0.05) is 18.3 Å². The Morgan fingerprint density at radius 2 is 1.81 bits per heavy atom. The van der Waals surface area contributed by atoms with Gasteiger partial charge in [0.2, 0.25) is 5.91 Å². The van der Waals surface area contributed by atoms with Crippen LogP contribution in [0.3, 0.4) is 0 Å². The van der Waals surface area contributed by atoms with Gasteiger partial charge in [-0.05, 0) is 41.5 Å². The molecule has 0 atom stereocenters. The highest BCUT2D eigenvalue weighted by atomic mass is 16.5. The fourth-order valence-electron chi connectivity index (χ4n) is 1.77. The molecule has 0 aliphatic carbocycles. The van der Waals surface area contributed by atoms with Crippen molar-refractivity contribution in [2.75, 3.05) is 12.8 Å². The Balaban J connectivity index is 1.85. The van der Waals surface area contributed by atoms with Crippen LogP contribution in [0.2, 0.25) is 0 Å². The summed E-state index contributed by atoms with van der Waals surface area (Å²) < 4.78 is 5.08. The molecule has 1 amide bonds. The lowest BCUT2D eigenvalue weighted by Crippen LogP contribution is -2.20. The third-order valence-electron chi connectivity index (χ3n) is 2.99. The van der Waals surface area contributed by atoms with Crippen LogP contribution < -0.4 is 15.8 Å². The van der Waals surface area contributed by atoms with Gasteiger partial charge in [0.25, 0.3) is 0 Å². The molecule has 0 bridgehead atoms. The first-order chi connectivity index (χ1) is 10.2. The minimum atomic E-state index is -0.136. The van der Waals surface area contributed by atoms with Crippen LogP contribution in [-0.4, -0.2) is 13.0 Å². The van der Waals surface area contributed by atoms with Crippen molar-refractivity contribution in [3.8, 4) is 5.75 Å². The van der Waals surface area contributed by atoms with Gasteiger partial charge in [0.15, 0.2) is 0 Å². The summed E-state index contributed by atoms with van der Waals surface area (Å²) in [5.74, 6) is 0.663. The van der Waals surface area contributed by atoms with E-state index in [2.05, 4.69) is 5.32 Å². The highest BCUT2D eigenvalue weighted by Crippen LogP contribution is 2.11. The standard InChI is InChI=1S/C17H18N2O2/c1-21-16-9-4-14(5-10-16)12-19-17(20)11-6-13-2-7-15(18)8-3-13/h2-11H,12,18H2,1H3,(H,19,20)/b11-6+. The summed E-state index contributed by atoms with van der Waals surface area (Å²) in [6, 6.07) is 14.9. The maximum atomic E-state index is 11.7. The number of rotatable bonds is 5. The van der Waals surface area contributed by atoms with E-state index < -0.39 is 0 Å². The fraction of sp³-hybridized carbons (Fsp3) is 0.118. The third kappa shape index (κ3) is 4.69. The number of anilines is 1. The second-order valence-electron chi connectivity index (χ2n) is 4.57. The van der Waals surface area contributed by atoms with Crippen LogP contribution in [0.1, 0.15) is 11.1 Å². The SMILES string of the molecule is COc1ccc(CNC(=O)/C=C/c2ccc(N)cc2)cc1. The fourth-order valence-corrected chi connectivity index (χ4v) is 1.77. The van der Waals surface area contributed by atoms with Gasteiger partial charge < -0.3 is 15.8 Å². The molecule has 4 nitrogen and oxygen atoms in total. The number of nitrogens with two attached hydrogens (primary N) is 1. The molecule has 108 valence electrons. The molecule has 4 heteroatoms. The molecule has 0 aliphatic heterocycles. The molecule has 0 radical (unpaired) electrons. The maximum absolute atomic E-state index is 11.7. The van der Waals surface area contributed by atoms with Crippen LogP contribution in [0, 0.1) is 0 Å². The molecule has 0 saturated heterocycles. The summed E-state index contributed by atoms with van der Waals surface area (Å²) in [6.07, 6.45) is 3.26. The number of ether oxygens (including phenoxy) is 1. The smallest absolute Gasteiger partial charge is 0.244 e. The number of hydrogen-bond donors (Lipinski definition) is 2. The van der Waals surface area contributed by atoms with Gasteiger partial charge in [-0.1, -0.05) is 24.3 Å². The molecule has 0 heterocycles. The quantitative estimate of drug-likeness (QED) is 0.654. The Bertz CT molecular complexity index is 616. The van der Waals surface area contributed by atoms with Crippen molar-refractivity contribution < 1.29 is 9.53 Å². The van der Waals surface area contributed by atoms with E-state index in [0.717, 1.165) is 16.9 Å². The van der Waals surface area contributed by atoms with Crippen molar-refractivity contribution in [3.05, 3.63) is 65.7 Å². The molecule has 0 aromatic heterocycles. The summed E-state index contributed by atoms with van der Waals surface area (Å²) in [5, 5.41) is 2.83. The van der Waals surface area contributed by atoms with E-state index in [1.807, 2.05) is 36.4 Å². The van der Waals surface area contributed by atoms with Crippen LogP contribution >= 0.6 is 0 Å². The molecule has 0 aliphatic rings. The van der Waals surface area contributed by atoms with Gasteiger partial charge >= 0.3 is 0 Å².